The number of carbonyl (C=O) groups excluding carboxylic acids is 1. The maximum absolute atomic E-state index is 13.9. The molecule has 26 heavy (non-hydrogen) atoms. The van der Waals surface area contributed by atoms with Crippen LogP contribution in [-0.2, 0) is 0 Å². The molecule has 0 atom stereocenters. The molecule has 0 aliphatic carbocycles. The first-order valence-electron chi connectivity index (χ1n) is 8.56. The van der Waals surface area contributed by atoms with Crippen molar-refractivity contribution in [2.24, 2.45) is 5.92 Å². The van der Waals surface area contributed by atoms with Crippen LogP contribution < -0.4 is 5.32 Å². The third-order valence-electron chi connectivity index (χ3n) is 4.66. The van der Waals surface area contributed by atoms with E-state index in [1.165, 1.54) is 0 Å². The molecule has 2 aromatic rings. The average Bonchev–Trinajstić information content (AvgIpc) is 2.67. The summed E-state index contributed by atoms with van der Waals surface area (Å²) in [6.45, 7) is 1.67. The Morgan fingerprint density at radius 1 is 1.15 bits per heavy atom. The van der Waals surface area contributed by atoms with Gasteiger partial charge in [0.05, 0.1) is 11.6 Å². The van der Waals surface area contributed by atoms with Crippen LogP contribution in [0.25, 0.3) is 0 Å². The fraction of sp³-hybridized carbons (Fsp3) is 0.300. The van der Waals surface area contributed by atoms with Crippen molar-refractivity contribution in [1.82, 2.24) is 4.90 Å². The lowest BCUT2D eigenvalue weighted by Crippen LogP contribution is -2.39. The van der Waals surface area contributed by atoms with Crippen LogP contribution in [0.4, 0.5) is 14.5 Å². The zero-order valence-electron chi connectivity index (χ0n) is 14.2. The van der Waals surface area contributed by atoms with Crippen LogP contribution in [-0.4, -0.2) is 30.4 Å². The molecule has 0 unspecified atom stereocenters. The summed E-state index contributed by atoms with van der Waals surface area (Å²) in [6, 6.07) is 12.9. The number of nitrogens with one attached hydrogen (secondary N) is 1. The van der Waals surface area contributed by atoms with Crippen LogP contribution in [0.5, 0.6) is 0 Å². The second-order valence-electron chi connectivity index (χ2n) is 6.41. The van der Waals surface area contributed by atoms with Crippen molar-refractivity contribution in [1.29, 1.82) is 5.26 Å². The molecular formula is C20H19F2N3O. The minimum absolute atomic E-state index is 0.0150. The Labute approximate surface area is 151 Å². The third kappa shape index (κ3) is 3.99. The SMILES string of the molecule is N#Cc1cc(F)c(NCC2CCN(C(=O)c3ccccc3)CC2)c(F)c1. The van der Waals surface area contributed by atoms with E-state index in [1.807, 2.05) is 23.1 Å². The number of benzene rings is 2. The Morgan fingerprint density at radius 3 is 2.35 bits per heavy atom. The summed E-state index contributed by atoms with van der Waals surface area (Å²) in [5.74, 6) is -1.29. The number of amides is 1. The Bertz CT molecular complexity index is 802. The van der Waals surface area contributed by atoms with Gasteiger partial charge in [-0.15, -0.1) is 0 Å². The molecule has 1 N–H and O–H groups in total. The first-order valence-corrected chi connectivity index (χ1v) is 8.56. The van der Waals surface area contributed by atoms with E-state index >= 15 is 0 Å². The second kappa shape index (κ2) is 7.96. The predicted molar refractivity (Wildman–Crippen MR) is 94.6 cm³/mol. The van der Waals surface area contributed by atoms with Crippen molar-refractivity contribution in [2.45, 2.75) is 12.8 Å². The highest BCUT2D eigenvalue weighted by Gasteiger charge is 2.24. The summed E-state index contributed by atoms with van der Waals surface area (Å²) in [5.41, 5.74) is 0.427. The number of likely N-dealkylation sites (tertiary alicyclic amines) is 1. The monoisotopic (exact) mass is 355 g/mol. The quantitative estimate of drug-likeness (QED) is 0.908. The molecule has 0 spiro atoms. The molecule has 2 aromatic carbocycles. The van der Waals surface area contributed by atoms with Crippen molar-refractivity contribution in [3.05, 3.63) is 65.2 Å². The van der Waals surface area contributed by atoms with Gasteiger partial charge < -0.3 is 10.2 Å². The molecule has 0 aromatic heterocycles. The van der Waals surface area contributed by atoms with Gasteiger partial charge in [-0.3, -0.25) is 4.79 Å². The molecule has 1 aliphatic heterocycles. The van der Waals surface area contributed by atoms with Crippen LogP contribution in [0.1, 0.15) is 28.8 Å². The lowest BCUT2D eigenvalue weighted by atomic mass is 9.96. The van der Waals surface area contributed by atoms with E-state index in [0.29, 0.717) is 25.2 Å². The molecule has 1 fully saturated rings. The summed E-state index contributed by atoms with van der Waals surface area (Å²) in [6.07, 6.45) is 1.54. The number of nitrogens with zero attached hydrogens (tertiary/aromatic N) is 2. The molecule has 4 nitrogen and oxygen atoms in total. The number of nitriles is 1. The van der Waals surface area contributed by atoms with Crippen LogP contribution in [0, 0.1) is 28.9 Å². The van der Waals surface area contributed by atoms with Gasteiger partial charge in [0.15, 0.2) is 11.6 Å². The summed E-state index contributed by atoms with van der Waals surface area (Å²) in [7, 11) is 0. The number of halogens is 2. The molecule has 1 saturated heterocycles. The number of hydrogen-bond acceptors (Lipinski definition) is 3. The predicted octanol–water partition coefficient (Wildman–Crippen LogP) is 3.80. The van der Waals surface area contributed by atoms with E-state index in [9.17, 15) is 13.6 Å². The zero-order chi connectivity index (χ0) is 18.5. The molecule has 1 heterocycles. The number of anilines is 1. The lowest BCUT2D eigenvalue weighted by Gasteiger charge is -2.32. The standard InChI is InChI=1S/C20H19F2N3O/c21-17-10-15(12-23)11-18(22)19(17)24-13-14-6-8-25(9-7-14)20(26)16-4-2-1-3-5-16/h1-5,10-11,14,24H,6-9,13H2. The van der Waals surface area contributed by atoms with E-state index < -0.39 is 11.6 Å². The van der Waals surface area contributed by atoms with Crippen molar-refractivity contribution >= 4 is 11.6 Å². The third-order valence-corrected chi connectivity index (χ3v) is 4.66. The summed E-state index contributed by atoms with van der Waals surface area (Å²) in [5, 5.41) is 11.5. The minimum atomic E-state index is -0.766. The first kappa shape index (κ1) is 17.9. The second-order valence-corrected chi connectivity index (χ2v) is 6.41. The molecular weight excluding hydrogens is 336 g/mol. The van der Waals surface area contributed by atoms with E-state index in [0.717, 1.165) is 25.0 Å². The van der Waals surface area contributed by atoms with Gasteiger partial charge >= 0.3 is 0 Å². The smallest absolute Gasteiger partial charge is 0.253 e. The average molecular weight is 355 g/mol. The van der Waals surface area contributed by atoms with Crippen molar-refractivity contribution in [2.75, 3.05) is 25.0 Å². The minimum Gasteiger partial charge on any atom is -0.380 e. The van der Waals surface area contributed by atoms with Crippen LogP contribution in [0.2, 0.25) is 0 Å². The fourth-order valence-corrected chi connectivity index (χ4v) is 3.16. The molecule has 1 amide bonds. The molecule has 134 valence electrons. The lowest BCUT2D eigenvalue weighted by molar-refractivity contribution is 0.0695. The Balaban J connectivity index is 1.54. The highest BCUT2D eigenvalue weighted by atomic mass is 19.1. The molecule has 0 bridgehead atoms. The molecule has 0 saturated carbocycles. The number of hydrogen-bond donors (Lipinski definition) is 1. The Morgan fingerprint density at radius 2 is 1.77 bits per heavy atom. The van der Waals surface area contributed by atoms with Gasteiger partial charge in [-0.2, -0.15) is 5.26 Å². The van der Waals surface area contributed by atoms with Crippen LogP contribution >= 0.6 is 0 Å². The summed E-state index contributed by atoms with van der Waals surface area (Å²) >= 11 is 0. The molecule has 3 rings (SSSR count). The fourth-order valence-electron chi connectivity index (χ4n) is 3.16. The van der Waals surface area contributed by atoms with Gasteiger partial charge in [0, 0.05) is 25.2 Å². The van der Waals surface area contributed by atoms with E-state index in [4.69, 9.17) is 5.26 Å². The number of piperidine rings is 1. The van der Waals surface area contributed by atoms with E-state index in [-0.39, 0.29) is 23.1 Å². The van der Waals surface area contributed by atoms with Crippen molar-refractivity contribution < 1.29 is 13.6 Å². The van der Waals surface area contributed by atoms with Gasteiger partial charge in [0.1, 0.15) is 5.69 Å². The van der Waals surface area contributed by atoms with Crippen LogP contribution in [0.3, 0.4) is 0 Å². The van der Waals surface area contributed by atoms with E-state index in [1.54, 1.807) is 18.2 Å². The molecule has 6 heteroatoms. The summed E-state index contributed by atoms with van der Waals surface area (Å²) in [4.78, 5) is 14.2. The van der Waals surface area contributed by atoms with E-state index in [2.05, 4.69) is 5.32 Å². The van der Waals surface area contributed by atoms with Crippen molar-refractivity contribution in [3.8, 4) is 6.07 Å². The van der Waals surface area contributed by atoms with Crippen molar-refractivity contribution in [3.63, 3.8) is 0 Å². The highest BCUT2D eigenvalue weighted by Crippen LogP contribution is 2.24. The largest absolute Gasteiger partial charge is 0.380 e. The molecule has 1 aliphatic rings. The number of rotatable bonds is 4. The topological polar surface area (TPSA) is 56.1 Å². The maximum atomic E-state index is 13.9. The first-order chi connectivity index (χ1) is 12.6. The Kier molecular flexibility index (Phi) is 5.47. The van der Waals surface area contributed by atoms with Gasteiger partial charge in [-0.1, -0.05) is 18.2 Å². The summed E-state index contributed by atoms with van der Waals surface area (Å²) < 4.78 is 27.8. The zero-order valence-corrected chi connectivity index (χ0v) is 14.2. The van der Waals surface area contributed by atoms with Gasteiger partial charge in [-0.05, 0) is 43.0 Å². The maximum Gasteiger partial charge on any atom is 0.253 e. The van der Waals surface area contributed by atoms with Crippen LogP contribution in [0.15, 0.2) is 42.5 Å². The van der Waals surface area contributed by atoms with Gasteiger partial charge in [0.25, 0.3) is 5.91 Å². The Hall–Kier alpha value is -2.94. The van der Waals surface area contributed by atoms with Gasteiger partial charge in [0.2, 0.25) is 0 Å². The number of carbonyl (C=O) groups is 1. The van der Waals surface area contributed by atoms with Gasteiger partial charge in [-0.25, -0.2) is 8.78 Å². The normalized spacial score (nSPS) is 14.7. The highest BCUT2D eigenvalue weighted by molar-refractivity contribution is 5.94. The molecule has 0 radical (unpaired) electrons.